The number of rotatable bonds is 7. The first-order valence-corrected chi connectivity index (χ1v) is 14.3. The first kappa shape index (κ1) is 25.3. The number of hydrogen-bond acceptors (Lipinski definition) is 6. The third-order valence-corrected chi connectivity index (χ3v) is 8.67. The van der Waals surface area contributed by atoms with Crippen LogP contribution in [0.3, 0.4) is 0 Å². The van der Waals surface area contributed by atoms with Crippen molar-refractivity contribution in [3.05, 3.63) is 107 Å². The first-order valence-electron chi connectivity index (χ1n) is 12.8. The van der Waals surface area contributed by atoms with E-state index in [2.05, 4.69) is 48.5 Å². The van der Waals surface area contributed by atoms with Crippen molar-refractivity contribution < 1.29 is 32.0 Å². The third-order valence-electron chi connectivity index (χ3n) is 7.76. The largest absolute Gasteiger partial charge is 0.465 e. The first-order chi connectivity index (χ1) is 18.8. The van der Waals surface area contributed by atoms with Crippen molar-refractivity contribution in [2.24, 2.45) is 5.92 Å². The van der Waals surface area contributed by atoms with Gasteiger partial charge >= 0.3 is 11.9 Å². The highest BCUT2D eigenvalue weighted by Crippen LogP contribution is 2.55. The highest BCUT2D eigenvalue weighted by Gasteiger charge is 2.43. The lowest BCUT2D eigenvalue weighted by Gasteiger charge is -2.45. The molecule has 2 bridgehead atoms. The van der Waals surface area contributed by atoms with E-state index >= 15 is 0 Å². The van der Waals surface area contributed by atoms with E-state index in [1.54, 1.807) is 18.2 Å². The van der Waals surface area contributed by atoms with Gasteiger partial charge in [0.15, 0.2) is 0 Å². The fraction of sp³-hybridized carbons (Fsp3) is 0.226. The molecule has 198 valence electrons. The summed E-state index contributed by atoms with van der Waals surface area (Å²) in [4.78, 5) is 24.8. The van der Waals surface area contributed by atoms with Crippen LogP contribution in [0.1, 0.15) is 53.4 Å². The van der Waals surface area contributed by atoms with Gasteiger partial charge in [0.05, 0.1) is 19.4 Å². The highest BCUT2D eigenvalue weighted by atomic mass is 32.2. The van der Waals surface area contributed by atoms with Crippen molar-refractivity contribution in [3.63, 3.8) is 0 Å². The Labute approximate surface area is 226 Å². The van der Waals surface area contributed by atoms with Crippen molar-refractivity contribution in [1.82, 2.24) is 0 Å². The minimum absolute atomic E-state index is 0.131. The Bertz CT molecular complexity index is 1660. The molecule has 1 unspecified atom stereocenters. The maximum atomic E-state index is 12.6. The summed E-state index contributed by atoms with van der Waals surface area (Å²) in [5.74, 6) is -0.365. The molecule has 1 atom stereocenters. The van der Waals surface area contributed by atoms with Crippen LogP contribution >= 0.6 is 0 Å². The van der Waals surface area contributed by atoms with Gasteiger partial charge in [0.1, 0.15) is 10.6 Å². The second kappa shape index (κ2) is 9.94. The van der Waals surface area contributed by atoms with Crippen molar-refractivity contribution in [3.8, 4) is 5.75 Å². The van der Waals surface area contributed by atoms with Crippen LogP contribution in [0.15, 0.2) is 89.8 Å². The van der Waals surface area contributed by atoms with Crippen LogP contribution < -0.4 is 4.74 Å². The van der Waals surface area contributed by atoms with Crippen LogP contribution in [0.4, 0.5) is 0 Å². The lowest BCUT2D eigenvalue weighted by Crippen LogP contribution is -2.35. The van der Waals surface area contributed by atoms with Gasteiger partial charge in [-0.1, -0.05) is 72.8 Å². The summed E-state index contributed by atoms with van der Waals surface area (Å²) >= 11 is 0. The zero-order valence-electron chi connectivity index (χ0n) is 20.9. The molecule has 8 heteroatoms. The Morgan fingerprint density at radius 1 is 0.744 bits per heavy atom. The molecule has 0 heterocycles. The van der Waals surface area contributed by atoms with Gasteiger partial charge in [-0.05, 0) is 40.8 Å². The van der Waals surface area contributed by atoms with Crippen LogP contribution in [-0.2, 0) is 24.4 Å². The molecule has 4 aromatic carbocycles. The summed E-state index contributed by atoms with van der Waals surface area (Å²) in [6.45, 7) is 0.277. The Morgan fingerprint density at radius 3 is 1.95 bits per heavy atom. The molecule has 0 radical (unpaired) electrons. The second-order valence-corrected chi connectivity index (χ2v) is 11.4. The predicted molar refractivity (Wildman–Crippen MR) is 144 cm³/mol. The molecule has 1 N–H and O–H groups in total. The smallest absolute Gasteiger partial charge is 0.311 e. The zero-order chi connectivity index (χ0) is 27.1. The normalized spacial score (nSPS) is 19.3. The van der Waals surface area contributed by atoms with E-state index < -0.39 is 22.1 Å². The topological polar surface area (TPSA) is 107 Å². The zero-order valence-corrected chi connectivity index (χ0v) is 21.8. The monoisotopic (exact) mass is 542 g/mol. The molecule has 0 aliphatic heterocycles. The predicted octanol–water partition coefficient (Wildman–Crippen LogP) is 5.61. The quantitative estimate of drug-likeness (QED) is 0.184. The summed E-state index contributed by atoms with van der Waals surface area (Å²) in [5.41, 5.74) is 5.29. The van der Waals surface area contributed by atoms with E-state index in [1.165, 1.54) is 40.5 Å². The molecule has 39 heavy (non-hydrogen) atoms. The van der Waals surface area contributed by atoms with Crippen LogP contribution in [-0.4, -0.2) is 31.5 Å². The fourth-order valence-electron chi connectivity index (χ4n) is 6.13. The molecule has 7 rings (SSSR count). The maximum Gasteiger partial charge on any atom is 0.311 e. The molecular formula is C31H26O7S. The summed E-state index contributed by atoms with van der Waals surface area (Å²) in [6.07, 6.45) is 0.587. The van der Waals surface area contributed by atoms with E-state index in [0.29, 0.717) is 5.39 Å². The standard InChI is InChI=1S/C31H26O7S/c32-29(15-16-30(33)38-27-13-14-28(39(34,35)36)23-10-4-3-9-22(23)27)37-18-19-17-26-20-7-1-5-11-24(20)31(19)25-12-6-2-8-21(25)26/h1-14,19,26,31H,15-18H2,(H,34,35,36). The number of ether oxygens (including phenoxy) is 2. The van der Waals surface area contributed by atoms with E-state index in [4.69, 9.17) is 9.47 Å². The van der Waals surface area contributed by atoms with Gasteiger partial charge in [0, 0.05) is 28.5 Å². The van der Waals surface area contributed by atoms with Crippen molar-refractivity contribution in [2.45, 2.75) is 36.0 Å². The summed E-state index contributed by atoms with van der Waals surface area (Å²) < 4.78 is 44.0. The summed E-state index contributed by atoms with van der Waals surface area (Å²) in [6, 6.07) is 25.9. The highest BCUT2D eigenvalue weighted by molar-refractivity contribution is 7.86. The van der Waals surface area contributed by atoms with Gasteiger partial charge in [-0.3, -0.25) is 14.1 Å². The number of carbonyl (C=O) groups is 2. The molecule has 0 spiro atoms. The number of benzene rings is 4. The molecule has 3 aliphatic rings. The van der Waals surface area contributed by atoms with Crippen LogP contribution in [0, 0.1) is 5.92 Å². The van der Waals surface area contributed by atoms with Gasteiger partial charge in [-0.15, -0.1) is 0 Å². The van der Waals surface area contributed by atoms with Crippen molar-refractivity contribution in [2.75, 3.05) is 6.61 Å². The van der Waals surface area contributed by atoms with Crippen molar-refractivity contribution >= 4 is 32.8 Å². The van der Waals surface area contributed by atoms with E-state index in [-0.39, 0.29) is 53.2 Å². The van der Waals surface area contributed by atoms with Crippen molar-refractivity contribution in [1.29, 1.82) is 0 Å². The molecule has 0 saturated carbocycles. The number of hydrogen-bond donors (Lipinski definition) is 1. The average Bonchev–Trinajstić information content (AvgIpc) is 2.94. The molecular weight excluding hydrogens is 516 g/mol. The maximum absolute atomic E-state index is 12.6. The van der Waals surface area contributed by atoms with Gasteiger partial charge in [0.25, 0.3) is 10.1 Å². The van der Waals surface area contributed by atoms with Crippen LogP contribution in [0.5, 0.6) is 5.75 Å². The Morgan fingerprint density at radius 2 is 1.31 bits per heavy atom. The lowest BCUT2D eigenvalue weighted by molar-refractivity contribution is -0.148. The van der Waals surface area contributed by atoms with E-state index in [1.807, 2.05) is 0 Å². The van der Waals surface area contributed by atoms with Crippen LogP contribution in [0.2, 0.25) is 0 Å². The molecule has 3 aliphatic carbocycles. The Kier molecular flexibility index (Phi) is 6.45. The Hall–Kier alpha value is -4.01. The third kappa shape index (κ3) is 4.70. The number of carbonyl (C=O) groups excluding carboxylic acids is 2. The average molecular weight is 543 g/mol. The summed E-state index contributed by atoms with van der Waals surface area (Å²) in [5, 5.41) is 0.589. The molecule has 0 aromatic heterocycles. The number of esters is 2. The summed E-state index contributed by atoms with van der Waals surface area (Å²) in [7, 11) is -4.45. The second-order valence-electron chi connectivity index (χ2n) is 10.0. The van der Waals surface area contributed by atoms with E-state index in [0.717, 1.165) is 6.42 Å². The molecule has 0 saturated heterocycles. The van der Waals surface area contributed by atoms with Gasteiger partial charge in [-0.25, -0.2) is 0 Å². The minimum atomic E-state index is -4.45. The molecule has 7 nitrogen and oxygen atoms in total. The van der Waals surface area contributed by atoms with Gasteiger partial charge in [0.2, 0.25) is 0 Å². The minimum Gasteiger partial charge on any atom is -0.465 e. The van der Waals surface area contributed by atoms with Gasteiger partial charge < -0.3 is 9.47 Å². The lowest BCUT2D eigenvalue weighted by atomic mass is 9.59. The van der Waals surface area contributed by atoms with Crippen LogP contribution in [0.25, 0.3) is 10.8 Å². The van der Waals surface area contributed by atoms with E-state index in [9.17, 15) is 22.6 Å². The molecule has 0 amide bonds. The number of fused-ring (bicyclic) bond motifs is 2. The van der Waals surface area contributed by atoms with Gasteiger partial charge in [-0.2, -0.15) is 8.42 Å². The molecule has 0 fully saturated rings. The fourth-order valence-corrected chi connectivity index (χ4v) is 6.83. The Balaban J connectivity index is 1.09. The SMILES string of the molecule is O=C(CCC(=O)Oc1ccc(S(=O)(=O)O)c2ccccc12)OCC1CC2c3ccccc3C1c1ccccc12. The molecule has 4 aromatic rings.